The number of benzene rings is 1. The molecule has 116 valence electrons. The first-order chi connectivity index (χ1) is 10.1. The van der Waals surface area contributed by atoms with E-state index in [1.165, 1.54) is 0 Å². The SMILES string of the molecule is CC(C)COc1cccc(CNC(=O)N2CCSCC2)c1. The first-order valence-corrected chi connectivity index (χ1v) is 8.63. The Hall–Kier alpha value is -1.36. The number of thioether (sulfide) groups is 1. The summed E-state index contributed by atoms with van der Waals surface area (Å²) < 4.78 is 5.71. The second-order valence-corrected chi connectivity index (χ2v) is 6.84. The number of rotatable bonds is 5. The van der Waals surface area contributed by atoms with E-state index in [1.807, 2.05) is 40.9 Å². The van der Waals surface area contributed by atoms with E-state index in [4.69, 9.17) is 4.74 Å². The van der Waals surface area contributed by atoms with Crippen LogP contribution in [0.4, 0.5) is 4.79 Å². The van der Waals surface area contributed by atoms with Crippen LogP contribution in [0.3, 0.4) is 0 Å². The second kappa shape index (κ2) is 8.17. The van der Waals surface area contributed by atoms with E-state index < -0.39 is 0 Å². The molecular formula is C16H24N2O2S. The van der Waals surface area contributed by atoms with Gasteiger partial charge >= 0.3 is 6.03 Å². The standard InChI is InChI=1S/C16H24N2O2S/c1-13(2)12-20-15-5-3-4-14(10-15)11-17-16(19)18-6-8-21-9-7-18/h3-5,10,13H,6-9,11-12H2,1-2H3,(H,17,19). The van der Waals surface area contributed by atoms with Gasteiger partial charge in [0, 0.05) is 31.1 Å². The monoisotopic (exact) mass is 308 g/mol. The van der Waals surface area contributed by atoms with Crippen LogP contribution in [0.25, 0.3) is 0 Å². The summed E-state index contributed by atoms with van der Waals surface area (Å²) >= 11 is 1.90. The molecule has 0 atom stereocenters. The molecule has 4 nitrogen and oxygen atoms in total. The van der Waals surface area contributed by atoms with E-state index in [2.05, 4.69) is 19.2 Å². The molecule has 0 bridgehead atoms. The number of carbonyl (C=O) groups is 1. The zero-order chi connectivity index (χ0) is 15.1. The summed E-state index contributed by atoms with van der Waals surface area (Å²) in [5.41, 5.74) is 1.07. The number of hydrogen-bond donors (Lipinski definition) is 1. The number of amides is 2. The molecule has 2 rings (SSSR count). The first kappa shape index (κ1) is 16.0. The summed E-state index contributed by atoms with van der Waals surface area (Å²) in [4.78, 5) is 13.9. The van der Waals surface area contributed by atoms with Gasteiger partial charge in [0.15, 0.2) is 0 Å². The molecule has 0 aromatic heterocycles. The molecule has 0 radical (unpaired) electrons. The lowest BCUT2D eigenvalue weighted by atomic mass is 10.2. The number of urea groups is 1. The second-order valence-electron chi connectivity index (χ2n) is 5.61. The molecule has 0 saturated carbocycles. The van der Waals surface area contributed by atoms with E-state index >= 15 is 0 Å². The Kier molecular flexibility index (Phi) is 6.23. The summed E-state index contributed by atoms with van der Waals surface area (Å²) in [7, 11) is 0. The molecule has 1 heterocycles. The summed E-state index contributed by atoms with van der Waals surface area (Å²) in [5, 5.41) is 2.98. The quantitative estimate of drug-likeness (QED) is 0.909. The van der Waals surface area contributed by atoms with Gasteiger partial charge in [-0.05, 0) is 23.6 Å². The van der Waals surface area contributed by atoms with Gasteiger partial charge < -0.3 is 15.0 Å². The molecule has 2 amide bonds. The van der Waals surface area contributed by atoms with Crippen molar-refractivity contribution < 1.29 is 9.53 Å². The molecule has 0 aliphatic carbocycles. The Bertz CT molecular complexity index is 459. The van der Waals surface area contributed by atoms with Crippen LogP contribution in [0.5, 0.6) is 5.75 Å². The maximum Gasteiger partial charge on any atom is 0.317 e. The molecule has 0 spiro atoms. The van der Waals surface area contributed by atoms with Crippen molar-refractivity contribution in [2.24, 2.45) is 5.92 Å². The van der Waals surface area contributed by atoms with E-state index in [0.29, 0.717) is 19.1 Å². The minimum Gasteiger partial charge on any atom is -0.493 e. The Labute approximate surface area is 131 Å². The van der Waals surface area contributed by atoms with Crippen LogP contribution in [-0.4, -0.2) is 42.1 Å². The predicted molar refractivity (Wildman–Crippen MR) is 87.9 cm³/mol. The Morgan fingerprint density at radius 1 is 1.38 bits per heavy atom. The van der Waals surface area contributed by atoms with Crippen LogP contribution in [-0.2, 0) is 6.54 Å². The Balaban J connectivity index is 1.82. The number of carbonyl (C=O) groups excluding carboxylic acids is 1. The molecule has 1 aliphatic rings. The van der Waals surface area contributed by atoms with Gasteiger partial charge in [0.25, 0.3) is 0 Å². The number of nitrogens with one attached hydrogen (secondary N) is 1. The normalized spacial score (nSPS) is 15.1. The highest BCUT2D eigenvalue weighted by atomic mass is 32.2. The summed E-state index contributed by atoms with van der Waals surface area (Å²) in [6.45, 7) is 7.19. The van der Waals surface area contributed by atoms with Gasteiger partial charge in [0.05, 0.1) is 6.61 Å². The predicted octanol–water partition coefficient (Wildman–Crippen LogP) is 2.98. The van der Waals surface area contributed by atoms with Gasteiger partial charge in [0.1, 0.15) is 5.75 Å². The van der Waals surface area contributed by atoms with Crippen molar-refractivity contribution in [3.8, 4) is 5.75 Å². The third-order valence-electron chi connectivity index (χ3n) is 3.22. The number of hydrogen-bond acceptors (Lipinski definition) is 3. The lowest BCUT2D eigenvalue weighted by Crippen LogP contribution is -2.44. The van der Waals surface area contributed by atoms with Crippen LogP contribution in [0.2, 0.25) is 0 Å². The average molecular weight is 308 g/mol. The van der Waals surface area contributed by atoms with Crippen LogP contribution in [0.15, 0.2) is 24.3 Å². The minimum atomic E-state index is 0.0313. The molecule has 1 aromatic carbocycles. The molecule has 1 fully saturated rings. The van der Waals surface area contributed by atoms with Crippen LogP contribution in [0, 0.1) is 5.92 Å². The van der Waals surface area contributed by atoms with Crippen LogP contribution < -0.4 is 10.1 Å². The summed E-state index contributed by atoms with van der Waals surface area (Å²) in [5.74, 6) is 3.44. The molecule has 1 saturated heterocycles. The molecule has 1 aliphatic heterocycles. The van der Waals surface area contributed by atoms with Gasteiger partial charge in [0.2, 0.25) is 0 Å². The van der Waals surface area contributed by atoms with Gasteiger partial charge in [-0.15, -0.1) is 0 Å². The molecule has 0 unspecified atom stereocenters. The molecule has 1 N–H and O–H groups in total. The van der Waals surface area contributed by atoms with Crippen LogP contribution in [0.1, 0.15) is 19.4 Å². The number of nitrogens with zero attached hydrogens (tertiary/aromatic N) is 1. The lowest BCUT2D eigenvalue weighted by molar-refractivity contribution is 0.202. The van der Waals surface area contributed by atoms with E-state index in [9.17, 15) is 4.79 Å². The lowest BCUT2D eigenvalue weighted by Gasteiger charge is -2.26. The van der Waals surface area contributed by atoms with Crippen LogP contribution >= 0.6 is 11.8 Å². The largest absolute Gasteiger partial charge is 0.493 e. The highest BCUT2D eigenvalue weighted by molar-refractivity contribution is 7.99. The molecule has 1 aromatic rings. The van der Waals surface area contributed by atoms with Crippen molar-refractivity contribution in [2.75, 3.05) is 31.2 Å². The maximum atomic E-state index is 12.0. The molecule has 21 heavy (non-hydrogen) atoms. The van der Waals surface area contributed by atoms with Gasteiger partial charge in [-0.3, -0.25) is 0 Å². The maximum absolute atomic E-state index is 12.0. The molecular weight excluding hydrogens is 284 g/mol. The Morgan fingerprint density at radius 2 is 2.14 bits per heavy atom. The van der Waals surface area contributed by atoms with E-state index in [-0.39, 0.29) is 6.03 Å². The van der Waals surface area contributed by atoms with E-state index in [1.54, 1.807) is 0 Å². The third kappa shape index (κ3) is 5.50. The van der Waals surface area contributed by atoms with Gasteiger partial charge in [-0.2, -0.15) is 11.8 Å². The van der Waals surface area contributed by atoms with Crippen molar-refractivity contribution in [1.29, 1.82) is 0 Å². The average Bonchev–Trinajstić information content (AvgIpc) is 2.52. The highest BCUT2D eigenvalue weighted by Gasteiger charge is 2.15. The zero-order valence-electron chi connectivity index (χ0n) is 12.8. The third-order valence-corrected chi connectivity index (χ3v) is 4.17. The first-order valence-electron chi connectivity index (χ1n) is 7.47. The van der Waals surface area contributed by atoms with Crippen molar-refractivity contribution >= 4 is 17.8 Å². The van der Waals surface area contributed by atoms with E-state index in [0.717, 1.165) is 35.9 Å². The van der Waals surface area contributed by atoms with Crippen molar-refractivity contribution in [3.05, 3.63) is 29.8 Å². The van der Waals surface area contributed by atoms with Crippen molar-refractivity contribution in [1.82, 2.24) is 10.2 Å². The topological polar surface area (TPSA) is 41.6 Å². The Morgan fingerprint density at radius 3 is 2.86 bits per heavy atom. The molecule has 5 heteroatoms. The fourth-order valence-electron chi connectivity index (χ4n) is 2.06. The van der Waals surface area contributed by atoms with Crippen molar-refractivity contribution in [2.45, 2.75) is 20.4 Å². The highest BCUT2D eigenvalue weighted by Crippen LogP contribution is 2.14. The summed E-state index contributed by atoms with van der Waals surface area (Å²) in [6.07, 6.45) is 0. The zero-order valence-corrected chi connectivity index (χ0v) is 13.6. The minimum absolute atomic E-state index is 0.0313. The fourth-order valence-corrected chi connectivity index (χ4v) is 2.97. The number of ether oxygens (including phenoxy) is 1. The van der Waals surface area contributed by atoms with Gasteiger partial charge in [-0.1, -0.05) is 26.0 Å². The van der Waals surface area contributed by atoms with Gasteiger partial charge in [-0.25, -0.2) is 4.79 Å². The fraction of sp³-hybridized carbons (Fsp3) is 0.562. The van der Waals surface area contributed by atoms with Crippen molar-refractivity contribution in [3.63, 3.8) is 0 Å². The summed E-state index contributed by atoms with van der Waals surface area (Å²) in [6, 6.07) is 7.96. The smallest absolute Gasteiger partial charge is 0.317 e.